The van der Waals surface area contributed by atoms with Crippen molar-refractivity contribution < 1.29 is 9.53 Å². The van der Waals surface area contributed by atoms with Crippen LogP contribution in [0.5, 0.6) is 0 Å². The molecular formula is C20H22N2O2. The number of primary amides is 1. The highest BCUT2D eigenvalue weighted by molar-refractivity contribution is 5.84. The number of aromatic amines is 1. The van der Waals surface area contributed by atoms with E-state index in [1.165, 1.54) is 42.3 Å². The average molecular weight is 322 g/mol. The molecule has 0 aliphatic heterocycles. The van der Waals surface area contributed by atoms with Gasteiger partial charge in [0.1, 0.15) is 6.61 Å². The minimum absolute atomic E-state index is 0.246. The zero-order chi connectivity index (χ0) is 16.8. The Morgan fingerprint density at radius 1 is 1.00 bits per heavy atom. The number of nitrogens with two attached hydrogens (primary N) is 1. The fourth-order valence-corrected chi connectivity index (χ4v) is 3.09. The molecule has 124 valence electrons. The van der Waals surface area contributed by atoms with Crippen LogP contribution < -0.4 is 5.73 Å². The Hall–Kier alpha value is -2.75. The summed E-state index contributed by atoms with van der Waals surface area (Å²) in [5.74, 6) is 0. The number of carbonyl (C=O) groups excluding carboxylic acids is 1. The van der Waals surface area contributed by atoms with Crippen molar-refractivity contribution in [1.29, 1.82) is 0 Å². The number of hydrogen-bond acceptors (Lipinski definition) is 2. The van der Waals surface area contributed by atoms with Crippen LogP contribution in [-0.2, 0) is 24.2 Å². The molecule has 3 aromatic rings. The van der Waals surface area contributed by atoms with E-state index in [4.69, 9.17) is 5.73 Å². The lowest BCUT2D eigenvalue weighted by atomic mass is 9.96. The Balaban J connectivity index is 0.000000144. The Kier molecular flexibility index (Phi) is 5.16. The molecule has 0 bridgehead atoms. The molecule has 2 aromatic carbocycles. The lowest BCUT2D eigenvalue weighted by Gasteiger charge is -2.10. The van der Waals surface area contributed by atoms with Crippen LogP contribution in [-0.4, -0.2) is 11.1 Å². The fraction of sp³-hybridized carbons (Fsp3) is 0.250. The highest BCUT2D eigenvalue weighted by Crippen LogP contribution is 2.28. The van der Waals surface area contributed by atoms with Gasteiger partial charge < -0.3 is 15.5 Å². The van der Waals surface area contributed by atoms with Gasteiger partial charge in [0, 0.05) is 16.6 Å². The van der Waals surface area contributed by atoms with Crippen LogP contribution in [0.15, 0.2) is 54.6 Å². The van der Waals surface area contributed by atoms with E-state index in [1.54, 1.807) is 5.56 Å². The van der Waals surface area contributed by atoms with Crippen LogP contribution >= 0.6 is 0 Å². The predicted molar refractivity (Wildman–Crippen MR) is 95.8 cm³/mol. The largest absolute Gasteiger partial charge is 0.445 e. The van der Waals surface area contributed by atoms with Crippen LogP contribution in [0.1, 0.15) is 29.7 Å². The van der Waals surface area contributed by atoms with Crippen molar-refractivity contribution in [3.63, 3.8) is 0 Å². The van der Waals surface area contributed by atoms with Gasteiger partial charge in [0.15, 0.2) is 0 Å². The van der Waals surface area contributed by atoms with E-state index in [2.05, 4.69) is 34.0 Å². The maximum Gasteiger partial charge on any atom is 0.404 e. The van der Waals surface area contributed by atoms with Gasteiger partial charge in [0.25, 0.3) is 0 Å². The van der Waals surface area contributed by atoms with Crippen molar-refractivity contribution in [3.8, 4) is 0 Å². The van der Waals surface area contributed by atoms with Crippen molar-refractivity contribution >= 4 is 17.0 Å². The molecule has 0 spiro atoms. The van der Waals surface area contributed by atoms with E-state index in [0.717, 1.165) is 5.56 Å². The molecule has 4 rings (SSSR count). The van der Waals surface area contributed by atoms with E-state index >= 15 is 0 Å². The minimum Gasteiger partial charge on any atom is -0.445 e. The smallest absolute Gasteiger partial charge is 0.404 e. The number of benzene rings is 2. The molecule has 4 nitrogen and oxygen atoms in total. The van der Waals surface area contributed by atoms with Gasteiger partial charge >= 0.3 is 6.09 Å². The molecule has 1 amide bonds. The SMILES string of the molecule is NC(=O)OCc1ccccc1.c1ccc2c3c([nH]c2c1)CCCC3. The number of carbonyl (C=O) groups is 1. The zero-order valence-electron chi connectivity index (χ0n) is 13.6. The maximum atomic E-state index is 10.2. The van der Waals surface area contributed by atoms with Gasteiger partial charge in [0.05, 0.1) is 0 Å². The summed E-state index contributed by atoms with van der Waals surface area (Å²) in [5, 5.41) is 1.44. The number of aromatic nitrogens is 1. The molecule has 0 atom stereocenters. The van der Waals surface area contributed by atoms with Gasteiger partial charge in [-0.15, -0.1) is 0 Å². The summed E-state index contributed by atoms with van der Waals surface area (Å²) >= 11 is 0. The number of rotatable bonds is 2. The first-order valence-corrected chi connectivity index (χ1v) is 8.28. The van der Waals surface area contributed by atoms with Crippen LogP contribution in [0, 0.1) is 0 Å². The Labute approximate surface area is 141 Å². The summed E-state index contributed by atoms with van der Waals surface area (Å²) in [6.45, 7) is 0.246. The number of H-pyrrole nitrogens is 1. The predicted octanol–water partition coefficient (Wildman–Crippen LogP) is 4.33. The van der Waals surface area contributed by atoms with Gasteiger partial charge in [-0.2, -0.15) is 0 Å². The Bertz CT molecular complexity index is 809. The molecule has 0 saturated heterocycles. The third kappa shape index (κ3) is 3.96. The molecule has 0 unspecified atom stereocenters. The molecule has 0 radical (unpaired) electrons. The number of hydrogen-bond donors (Lipinski definition) is 2. The fourth-order valence-electron chi connectivity index (χ4n) is 3.09. The number of nitrogens with one attached hydrogen (secondary N) is 1. The van der Waals surface area contributed by atoms with Gasteiger partial charge in [-0.05, 0) is 42.9 Å². The topological polar surface area (TPSA) is 68.1 Å². The normalized spacial score (nSPS) is 12.8. The second-order valence-corrected chi connectivity index (χ2v) is 5.93. The van der Waals surface area contributed by atoms with Crippen molar-refractivity contribution in [2.75, 3.05) is 0 Å². The van der Waals surface area contributed by atoms with Gasteiger partial charge in [-0.3, -0.25) is 0 Å². The monoisotopic (exact) mass is 322 g/mol. The summed E-state index contributed by atoms with van der Waals surface area (Å²) in [5.41, 5.74) is 10.1. The Morgan fingerprint density at radius 3 is 2.50 bits per heavy atom. The Morgan fingerprint density at radius 2 is 1.71 bits per heavy atom. The van der Waals surface area contributed by atoms with Crippen LogP contribution in [0.2, 0.25) is 0 Å². The molecule has 0 saturated carbocycles. The van der Waals surface area contributed by atoms with Crippen LogP contribution in [0.4, 0.5) is 4.79 Å². The first kappa shape index (κ1) is 16.1. The highest BCUT2D eigenvalue weighted by atomic mass is 16.5. The van der Waals surface area contributed by atoms with Crippen molar-refractivity contribution in [3.05, 3.63) is 71.4 Å². The van der Waals surface area contributed by atoms with E-state index < -0.39 is 6.09 Å². The van der Waals surface area contributed by atoms with E-state index in [9.17, 15) is 4.79 Å². The molecule has 4 heteroatoms. The second-order valence-electron chi connectivity index (χ2n) is 5.93. The zero-order valence-corrected chi connectivity index (χ0v) is 13.6. The number of para-hydroxylation sites is 1. The lowest BCUT2D eigenvalue weighted by Crippen LogP contribution is -2.12. The lowest BCUT2D eigenvalue weighted by molar-refractivity contribution is 0.150. The summed E-state index contributed by atoms with van der Waals surface area (Å²) in [6, 6.07) is 18.0. The first-order valence-electron chi connectivity index (χ1n) is 8.28. The summed E-state index contributed by atoms with van der Waals surface area (Å²) in [6.07, 6.45) is 4.46. The minimum atomic E-state index is -0.742. The number of amides is 1. The van der Waals surface area contributed by atoms with Gasteiger partial charge in [0.2, 0.25) is 0 Å². The second kappa shape index (κ2) is 7.68. The number of fused-ring (bicyclic) bond motifs is 3. The van der Waals surface area contributed by atoms with Crippen molar-refractivity contribution in [2.45, 2.75) is 32.3 Å². The van der Waals surface area contributed by atoms with Crippen molar-refractivity contribution in [2.24, 2.45) is 5.73 Å². The highest BCUT2D eigenvalue weighted by Gasteiger charge is 2.13. The summed E-state index contributed by atoms with van der Waals surface area (Å²) in [4.78, 5) is 13.7. The molecule has 1 aromatic heterocycles. The number of ether oxygens (including phenoxy) is 1. The maximum absolute atomic E-state index is 10.2. The third-order valence-corrected chi connectivity index (χ3v) is 4.23. The molecule has 1 aliphatic rings. The van der Waals surface area contributed by atoms with Crippen LogP contribution in [0.25, 0.3) is 10.9 Å². The molecule has 0 fully saturated rings. The molecule has 24 heavy (non-hydrogen) atoms. The van der Waals surface area contributed by atoms with Gasteiger partial charge in [-0.1, -0.05) is 48.5 Å². The molecule has 1 aliphatic carbocycles. The van der Waals surface area contributed by atoms with Gasteiger partial charge in [-0.25, -0.2) is 4.79 Å². The standard InChI is InChI=1S/C12H13N.C8H9NO2/c1-3-7-11-9(5-1)10-6-2-4-8-12(10)13-11;9-8(10)11-6-7-4-2-1-3-5-7/h1,3,5,7,13H,2,4,6,8H2;1-5H,6H2,(H2,9,10). The average Bonchev–Trinajstić information content (AvgIpc) is 3.00. The first-order chi connectivity index (χ1) is 11.7. The third-order valence-electron chi connectivity index (χ3n) is 4.23. The van der Waals surface area contributed by atoms with E-state index in [-0.39, 0.29) is 6.61 Å². The van der Waals surface area contributed by atoms with Crippen LogP contribution in [0.3, 0.4) is 0 Å². The quantitative estimate of drug-likeness (QED) is 0.737. The molecular weight excluding hydrogens is 300 g/mol. The molecule has 3 N–H and O–H groups in total. The van der Waals surface area contributed by atoms with E-state index in [0.29, 0.717) is 0 Å². The summed E-state index contributed by atoms with van der Waals surface area (Å²) in [7, 11) is 0. The summed E-state index contributed by atoms with van der Waals surface area (Å²) < 4.78 is 4.57. The molecule has 1 heterocycles. The van der Waals surface area contributed by atoms with Crippen molar-refractivity contribution in [1.82, 2.24) is 4.98 Å². The number of aryl methyl sites for hydroxylation is 2. The van der Waals surface area contributed by atoms with E-state index in [1.807, 2.05) is 30.3 Å².